The molecule has 1 saturated carbocycles. The Bertz CT molecular complexity index is 366. The third-order valence-corrected chi connectivity index (χ3v) is 5.76. The predicted molar refractivity (Wildman–Crippen MR) is 85.7 cm³/mol. The molecule has 1 heterocycles. The average Bonchev–Trinajstić information content (AvgIpc) is 2.46. The van der Waals surface area contributed by atoms with Gasteiger partial charge in [-0.25, -0.2) is 0 Å². The van der Waals surface area contributed by atoms with Gasteiger partial charge in [-0.3, -0.25) is 4.90 Å². The van der Waals surface area contributed by atoms with Crippen LogP contribution in [-0.4, -0.2) is 35.7 Å². The van der Waals surface area contributed by atoms with Gasteiger partial charge in [0.15, 0.2) is 0 Å². The molecule has 4 unspecified atom stereocenters. The molecular weight excluding hydrogens is 260 g/mol. The zero-order chi connectivity index (χ0) is 15.5. The molecule has 0 spiro atoms. The lowest BCUT2D eigenvalue weighted by Gasteiger charge is -2.46. The highest BCUT2D eigenvalue weighted by Gasteiger charge is 2.39. The molecular formula is C18H32N2O. The number of piperidine rings is 1. The van der Waals surface area contributed by atoms with E-state index in [2.05, 4.69) is 31.7 Å². The van der Waals surface area contributed by atoms with E-state index in [4.69, 9.17) is 0 Å². The first kappa shape index (κ1) is 16.8. The van der Waals surface area contributed by atoms with Gasteiger partial charge in [-0.1, -0.05) is 20.8 Å². The minimum Gasteiger partial charge on any atom is -0.396 e. The molecule has 2 aliphatic rings. The molecule has 3 nitrogen and oxygen atoms in total. The van der Waals surface area contributed by atoms with E-state index >= 15 is 0 Å². The van der Waals surface area contributed by atoms with E-state index in [0.717, 1.165) is 31.8 Å². The summed E-state index contributed by atoms with van der Waals surface area (Å²) in [6.07, 6.45) is 6.82. The number of likely N-dealkylation sites (tertiary alicyclic amines) is 1. The van der Waals surface area contributed by atoms with Crippen LogP contribution in [0.1, 0.15) is 59.3 Å². The fraction of sp³-hybridized carbons (Fsp3) is 0.944. The number of nitrogens with zero attached hydrogens (tertiary/aromatic N) is 2. The lowest BCUT2D eigenvalue weighted by molar-refractivity contribution is 0.0305. The number of hydrogen-bond donors (Lipinski definition) is 1. The topological polar surface area (TPSA) is 47.3 Å². The van der Waals surface area contributed by atoms with Gasteiger partial charge in [0.05, 0.1) is 12.0 Å². The number of hydrogen-bond acceptors (Lipinski definition) is 3. The number of aliphatic hydroxyl groups excluding tert-OH is 1. The lowest BCUT2D eigenvalue weighted by Crippen LogP contribution is -2.49. The Morgan fingerprint density at radius 1 is 1.24 bits per heavy atom. The first-order valence-electron chi connectivity index (χ1n) is 8.70. The van der Waals surface area contributed by atoms with Gasteiger partial charge in [-0.2, -0.15) is 5.26 Å². The molecule has 1 saturated heterocycles. The van der Waals surface area contributed by atoms with Crippen molar-refractivity contribution in [2.24, 2.45) is 23.2 Å². The molecule has 0 aromatic rings. The van der Waals surface area contributed by atoms with Crippen molar-refractivity contribution < 1.29 is 5.11 Å². The Hall–Kier alpha value is -0.590. The Labute approximate surface area is 130 Å². The van der Waals surface area contributed by atoms with E-state index < -0.39 is 0 Å². The van der Waals surface area contributed by atoms with Gasteiger partial charge in [0.25, 0.3) is 0 Å². The summed E-state index contributed by atoms with van der Waals surface area (Å²) in [4.78, 5) is 2.58. The average molecular weight is 292 g/mol. The van der Waals surface area contributed by atoms with Crippen molar-refractivity contribution in [3.63, 3.8) is 0 Å². The predicted octanol–water partition coefficient (Wildman–Crippen LogP) is 3.44. The third-order valence-electron chi connectivity index (χ3n) is 5.76. The van der Waals surface area contributed by atoms with Crippen LogP contribution in [0.3, 0.4) is 0 Å². The number of aliphatic hydroxyl groups is 1. The maximum Gasteiger partial charge on any atom is 0.0672 e. The maximum absolute atomic E-state index is 9.53. The summed E-state index contributed by atoms with van der Waals surface area (Å²) in [6, 6.07) is 3.02. The molecule has 2 fully saturated rings. The first-order chi connectivity index (χ1) is 9.95. The van der Waals surface area contributed by atoms with Gasteiger partial charge in [0.2, 0.25) is 0 Å². The summed E-state index contributed by atoms with van der Waals surface area (Å²) in [7, 11) is 0. The highest BCUT2D eigenvalue weighted by Crippen LogP contribution is 2.42. The zero-order valence-electron chi connectivity index (χ0n) is 14.0. The lowest BCUT2D eigenvalue weighted by atomic mass is 9.67. The van der Waals surface area contributed by atoms with E-state index in [1.54, 1.807) is 0 Å². The van der Waals surface area contributed by atoms with Crippen LogP contribution in [0.2, 0.25) is 0 Å². The summed E-state index contributed by atoms with van der Waals surface area (Å²) in [5.74, 6) is 1.56. The monoisotopic (exact) mass is 292 g/mol. The second-order valence-electron chi connectivity index (χ2n) is 8.19. The quantitative estimate of drug-likeness (QED) is 0.867. The number of rotatable bonds is 3. The molecule has 4 atom stereocenters. The Kier molecular flexibility index (Phi) is 5.68. The standard InChI is InChI=1S/C18H32N2O/c1-18(2,3)16-7-6-15(12-19)17(11-16)20-9-4-5-14(13-20)8-10-21/h14-17,21H,4-11,13H2,1-3H3. The maximum atomic E-state index is 9.53. The molecule has 0 radical (unpaired) electrons. The van der Waals surface area contributed by atoms with Crippen LogP contribution in [0, 0.1) is 34.5 Å². The van der Waals surface area contributed by atoms with Crippen molar-refractivity contribution >= 4 is 0 Å². The molecule has 1 aliphatic heterocycles. The van der Waals surface area contributed by atoms with Crippen molar-refractivity contribution in [3.05, 3.63) is 0 Å². The van der Waals surface area contributed by atoms with Crippen LogP contribution >= 0.6 is 0 Å². The summed E-state index contributed by atoms with van der Waals surface area (Å²) in [6.45, 7) is 9.54. The van der Waals surface area contributed by atoms with Gasteiger partial charge in [-0.15, -0.1) is 0 Å². The van der Waals surface area contributed by atoms with Crippen LogP contribution in [0.4, 0.5) is 0 Å². The molecule has 1 N–H and O–H groups in total. The summed E-state index contributed by atoms with van der Waals surface area (Å²) >= 11 is 0. The van der Waals surface area contributed by atoms with Gasteiger partial charge < -0.3 is 5.11 Å². The largest absolute Gasteiger partial charge is 0.396 e. The molecule has 0 bridgehead atoms. The fourth-order valence-corrected chi connectivity index (χ4v) is 4.30. The molecule has 1 aliphatic carbocycles. The molecule has 0 amide bonds. The van der Waals surface area contributed by atoms with Gasteiger partial charge in [0.1, 0.15) is 0 Å². The SMILES string of the molecule is CC(C)(C)C1CCC(C#N)C(N2CCCC(CCO)C2)C1. The van der Waals surface area contributed by atoms with Gasteiger partial charge in [-0.05, 0) is 62.3 Å². The van der Waals surface area contributed by atoms with Crippen LogP contribution in [0.5, 0.6) is 0 Å². The number of nitriles is 1. The Morgan fingerprint density at radius 3 is 2.62 bits per heavy atom. The Balaban J connectivity index is 2.05. The minimum absolute atomic E-state index is 0.205. The van der Waals surface area contributed by atoms with Gasteiger partial charge >= 0.3 is 0 Å². The van der Waals surface area contributed by atoms with Crippen molar-refractivity contribution in [2.75, 3.05) is 19.7 Å². The van der Waals surface area contributed by atoms with Crippen molar-refractivity contribution in [1.29, 1.82) is 5.26 Å². The van der Waals surface area contributed by atoms with Crippen LogP contribution in [0.15, 0.2) is 0 Å². The van der Waals surface area contributed by atoms with E-state index in [1.807, 2.05) is 0 Å². The zero-order valence-corrected chi connectivity index (χ0v) is 14.0. The summed E-state index contributed by atoms with van der Waals surface area (Å²) < 4.78 is 0. The van der Waals surface area contributed by atoms with Crippen LogP contribution in [-0.2, 0) is 0 Å². The fourth-order valence-electron chi connectivity index (χ4n) is 4.30. The van der Waals surface area contributed by atoms with E-state index in [9.17, 15) is 10.4 Å². The van der Waals surface area contributed by atoms with Crippen LogP contribution < -0.4 is 0 Å². The van der Waals surface area contributed by atoms with Gasteiger partial charge in [0, 0.05) is 19.2 Å². The van der Waals surface area contributed by atoms with Crippen molar-refractivity contribution in [3.8, 4) is 6.07 Å². The first-order valence-corrected chi connectivity index (χ1v) is 8.70. The molecule has 0 aromatic carbocycles. The molecule has 3 heteroatoms. The minimum atomic E-state index is 0.205. The summed E-state index contributed by atoms with van der Waals surface area (Å²) in [5.41, 5.74) is 0.346. The molecule has 2 rings (SSSR count). The third kappa shape index (κ3) is 4.20. The molecule has 120 valence electrons. The highest BCUT2D eigenvalue weighted by molar-refractivity contribution is 5.00. The van der Waals surface area contributed by atoms with Crippen molar-refractivity contribution in [1.82, 2.24) is 4.90 Å². The molecule has 0 aromatic heterocycles. The summed E-state index contributed by atoms with van der Waals surface area (Å²) in [5, 5.41) is 18.7. The molecule has 21 heavy (non-hydrogen) atoms. The van der Waals surface area contributed by atoms with E-state index in [0.29, 0.717) is 24.0 Å². The Morgan fingerprint density at radius 2 is 2.00 bits per heavy atom. The second-order valence-corrected chi connectivity index (χ2v) is 8.19. The smallest absolute Gasteiger partial charge is 0.0672 e. The second kappa shape index (κ2) is 7.11. The van der Waals surface area contributed by atoms with E-state index in [-0.39, 0.29) is 5.92 Å². The van der Waals surface area contributed by atoms with Crippen molar-refractivity contribution in [2.45, 2.75) is 65.3 Å². The van der Waals surface area contributed by atoms with Crippen LogP contribution in [0.25, 0.3) is 0 Å². The highest BCUT2D eigenvalue weighted by atomic mass is 16.3. The van der Waals surface area contributed by atoms with E-state index in [1.165, 1.54) is 25.7 Å². The normalized spacial score (nSPS) is 35.4.